The van der Waals surface area contributed by atoms with Gasteiger partial charge in [0, 0.05) is 13.1 Å². The summed E-state index contributed by atoms with van der Waals surface area (Å²) in [5.74, 6) is -0.898. The summed E-state index contributed by atoms with van der Waals surface area (Å²) in [6.45, 7) is 1.69. The quantitative estimate of drug-likeness (QED) is 0.933. The van der Waals surface area contributed by atoms with Crippen molar-refractivity contribution in [2.75, 3.05) is 13.1 Å². The van der Waals surface area contributed by atoms with Gasteiger partial charge in [-0.25, -0.2) is 4.79 Å². The van der Waals surface area contributed by atoms with Gasteiger partial charge in [0.1, 0.15) is 0 Å². The maximum Gasteiger partial charge on any atom is 0.335 e. The van der Waals surface area contributed by atoms with E-state index in [2.05, 4.69) is 0 Å². The summed E-state index contributed by atoms with van der Waals surface area (Å²) in [7, 11) is 0. The molecule has 1 spiro atoms. The smallest absolute Gasteiger partial charge is 0.335 e. The van der Waals surface area contributed by atoms with Crippen LogP contribution in [0.5, 0.6) is 0 Å². The largest absolute Gasteiger partial charge is 0.478 e. The molecule has 1 saturated heterocycles. The molecule has 1 aliphatic carbocycles. The summed E-state index contributed by atoms with van der Waals surface area (Å²) in [4.78, 5) is 25.7. The number of aromatic carboxylic acids is 1. The Morgan fingerprint density at radius 2 is 1.82 bits per heavy atom. The SMILES string of the molecule is O=C(O)c1ccccc1CC(=O)N1CCC2(CCCCC2)C1. The first-order chi connectivity index (χ1) is 10.6. The summed E-state index contributed by atoms with van der Waals surface area (Å²) >= 11 is 0. The highest BCUT2D eigenvalue weighted by molar-refractivity contribution is 5.91. The van der Waals surface area contributed by atoms with Crippen molar-refractivity contribution in [1.82, 2.24) is 4.90 Å². The summed E-state index contributed by atoms with van der Waals surface area (Å²) in [5.41, 5.74) is 1.20. The number of hydrogen-bond donors (Lipinski definition) is 1. The lowest BCUT2D eigenvalue weighted by atomic mass is 9.73. The third-order valence-electron chi connectivity index (χ3n) is 5.29. The zero-order valence-corrected chi connectivity index (χ0v) is 12.9. The molecule has 4 nitrogen and oxygen atoms in total. The Kier molecular flexibility index (Phi) is 4.19. The van der Waals surface area contributed by atoms with Gasteiger partial charge in [0.2, 0.25) is 5.91 Å². The Bertz CT molecular complexity index is 575. The molecule has 2 aliphatic rings. The lowest BCUT2D eigenvalue weighted by Gasteiger charge is -2.33. The number of rotatable bonds is 3. The van der Waals surface area contributed by atoms with Gasteiger partial charge >= 0.3 is 5.97 Å². The Morgan fingerprint density at radius 1 is 1.09 bits per heavy atom. The van der Waals surface area contributed by atoms with Crippen molar-refractivity contribution in [1.29, 1.82) is 0 Å². The van der Waals surface area contributed by atoms with E-state index in [0.29, 0.717) is 11.0 Å². The van der Waals surface area contributed by atoms with Crippen LogP contribution in [0.2, 0.25) is 0 Å². The molecule has 0 aromatic heterocycles. The van der Waals surface area contributed by atoms with Gasteiger partial charge in [-0.15, -0.1) is 0 Å². The molecule has 0 radical (unpaired) electrons. The Labute approximate surface area is 131 Å². The Balaban J connectivity index is 1.67. The maximum absolute atomic E-state index is 12.5. The predicted octanol–water partition coefficient (Wildman–Crippen LogP) is 3.11. The molecule has 1 saturated carbocycles. The van der Waals surface area contributed by atoms with Crippen LogP contribution in [0.3, 0.4) is 0 Å². The molecule has 0 unspecified atom stereocenters. The minimum Gasteiger partial charge on any atom is -0.478 e. The van der Waals surface area contributed by atoms with Crippen molar-refractivity contribution in [2.45, 2.75) is 44.9 Å². The molecule has 1 aromatic rings. The van der Waals surface area contributed by atoms with Crippen LogP contribution in [0, 0.1) is 5.41 Å². The van der Waals surface area contributed by atoms with Crippen LogP contribution < -0.4 is 0 Å². The number of nitrogens with zero attached hydrogens (tertiary/aromatic N) is 1. The number of amides is 1. The van der Waals surface area contributed by atoms with E-state index in [0.717, 1.165) is 19.5 Å². The van der Waals surface area contributed by atoms with E-state index in [-0.39, 0.29) is 17.9 Å². The maximum atomic E-state index is 12.5. The van der Waals surface area contributed by atoms with Crippen molar-refractivity contribution in [3.63, 3.8) is 0 Å². The zero-order valence-electron chi connectivity index (χ0n) is 12.9. The molecule has 3 rings (SSSR count). The van der Waals surface area contributed by atoms with E-state index >= 15 is 0 Å². The Hall–Kier alpha value is -1.84. The first-order valence-corrected chi connectivity index (χ1v) is 8.19. The second-order valence-corrected chi connectivity index (χ2v) is 6.77. The van der Waals surface area contributed by atoms with Gasteiger partial charge in [-0.1, -0.05) is 37.5 Å². The van der Waals surface area contributed by atoms with Gasteiger partial charge in [0.05, 0.1) is 12.0 Å². The molecule has 1 N–H and O–H groups in total. The first kappa shape index (κ1) is 15.1. The fourth-order valence-electron chi connectivity index (χ4n) is 4.02. The number of hydrogen-bond acceptors (Lipinski definition) is 2. The molecule has 1 heterocycles. The molecule has 22 heavy (non-hydrogen) atoms. The standard InChI is InChI=1S/C18H23NO3/c20-16(12-14-6-2-3-7-15(14)17(21)22)19-11-10-18(13-19)8-4-1-5-9-18/h2-3,6-7H,1,4-5,8-13H2,(H,21,22). The number of likely N-dealkylation sites (tertiary alicyclic amines) is 1. The average molecular weight is 301 g/mol. The minimum absolute atomic E-state index is 0.0659. The van der Waals surface area contributed by atoms with Gasteiger partial charge in [-0.2, -0.15) is 0 Å². The number of carboxylic acid groups (broad SMARTS) is 1. The van der Waals surface area contributed by atoms with E-state index in [1.54, 1.807) is 24.3 Å². The first-order valence-electron chi connectivity index (χ1n) is 8.19. The Morgan fingerprint density at radius 3 is 2.55 bits per heavy atom. The van der Waals surface area contributed by atoms with Crippen molar-refractivity contribution in [3.05, 3.63) is 35.4 Å². The molecule has 1 amide bonds. The van der Waals surface area contributed by atoms with Crippen LogP contribution in [0.4, 0.5) is 0 Å². The minimum atomic E-state index is -0.964. The molecule has 1 aliphatic heterocycles. The monoisotopic (exact) mass is 301 g/mol. The van der Waals surface area contributed by atoms with Crippen molar-refractivity contribution in [2.24, 2.45) is 5.41 Å². The predicted molar refractivity (Wildman–Crippen MR) is 83.8 cm³/mol. The van der Waals surface area contributed by atoms with Crippen molar-refractivity contribution in [3.8, 4) is 0 Å². The van der Waals surface area contributed by atoms with E-state index in [1.165, 1.54) is 32.1 Å². The highest BCUT2D eigenvalue weighted by Gasteiger charge is 2.40. The molecular weight excluding hydrogens is 278 g/mol. The van der Waals surface area contributed by atoms with Gasteiger partial charge < -0.3 is 10.0 Å². The highest BCUT2D eigenvalue weighted by atomic mass is 16.4. The number of carboxylic acids is 1. The fourth-order valence-corrected chi connectivity index (χ4v) is 4.02. The third-order valence-corrected chi connectivity index (χ3v) is 5.29. The topological polar surface area (TPSA) is 57.6 Å². The van der Waals surface area contributed by atoms with E-state index in [9.17, 15) is 14.7 Å². The van der Waals surface area contributed by atoms with E-state index in [4.69, 9.17) is 0 Å². The molecule has 4 heteroatoms. The van der Waals surface area contributed by atoms with Crippen LogP contribution in [0.15, 0.2) is 24.3 Å². The molecular formula is C18H23NO3. The highest BCUT2D eigenvalue weighted by Crippen LogP contribution is 2.43. The molecule has 0 bridgehead atoms. The van der Waals surface area contributed by atoms with Crippen LogP contribution in [-0.2, 0) is 11.2 Å². The van der Waals surface area contributed by atoms with Crippen LogP contribution in [0.25, 0.3) is 0 Å². The number of carbonyl (C=O) groups is 2. The molecule has 2 fully saturated rings. The lowest BCUT2D eigenvalue weighted by molar-refractivity contribution is -0.129. The number of benzene rings is 1. The van der Waals surface area contributed by atoms with Gasteiger partial charge in [0.25, 0.3) is 0 Å². The third kappa shape index (κ3) is 3.01. The fraction of sp³-hybridized carbons (Fsp3) is 0.556. The summed E-state index contributed by atoms with van der Waals surface area (Å²) in [6, 6.07) is 6.80. The molecule has 118 valence electrons. The average Bonchev–Trinajstić information content (AvgIpc) is 2.92. The van der Waals surface area contributed by atoms with Crippen LogP contribution in [0.1, 0.15) is 54.4 Å². The summed E-state index contributed by atoms with van der Waals surface area (Å²) in [6.07, 6.45) is 7.66. The molecule has 1 aromatic carbocycles. The number of carbonyl (C=O) groups excluding carboxylic acids is 1. The van der Waals surface area contributed by atoms with Crippen LogP contribution >= 0.6 is 0 Å². The van der Waals surface area contributed by atoms with E-state index in [1.807, 2.05) is 4.90 Å². The second kappa shape index (κ2) is 6.11. The lowest BCUT2D eigenvalue weighted by Crippen LogP contribution is -2.34. The zero-order chi connectivity index (χ0) is 15.6. The summed E-state index contributed by atoms with van der Waals surface area (Å²) < 4.78 is 0. The van der Waals surface area contributed by atoms with E-state index < -0.39 is 5.97 Å². The van der Waals surface area contributed by atoms with Crippen LogP contribution in [-0.4, -0.2) is 35.0 Å². The van der Waals surface area contributed by atoms with Gasteiger partial charge in [0.15, 0.2) is 0 Å². The van der Waals surface area contributed by atoms with Crippen molar-refractivity contribution >= 4 is 11.9 Å². The van der Waals surface area contributed by atoms with Crippen molar-refractivity contribution < 1.29 is 14.7 Å². The summed E-state index contributed by atoms with van der Waals surface area (Å²) in [5, 5.41) is 9.22. The second-order valence-electron chi connectivity index (χ2n) is 6.77. The van der Waals surface area contributed by atoms with Gasteiger partial charge in [-0.05, 0) is 36.3 Å². The molecule has 0 atom stereocenters. The van der Waals surface area contributed by atoms with Gasteiger partial charge in [-0.3, -0.25) is 4.79 Å². The normalized spacial score (nSPS) is 20.3.